The summed E-state index contributed by atoms with van der Waals surface area (Å²) in [5.74, 6) is 3.62. The zero-order chi connectivity index (χ0) is 13.3. The first kappa shape index (κ1) is 16.6. The number of nitrogens with one attached hydrogen (secondary N) is 2. The Balaban J connectivity index is 2.10. The molecule has 0 aliphatic carbocycles. The van der Waals surface area contributed by atoms with Crippen LogP contribution in [-0.4, -0.2) is 56.3 Å². The summed E-state index contributed by atoms with van der Waals surface area (Å²) in [6.45, 7) is 4.43. The van der Waals surface area contributed by atoms with Gasteiger partial charge in [0.2, 0.25) is 10.0 Å². The van der Waals surface area contributed by atoms with E-state index in [4.69, 9.17) is 0 Å². The largest absolute Gasteiger partial charge is 0.317 e. The van der Waals surface area contributed by atoms with Crippen LogP contribution < -0.4 is 10.0 Å². The molecule has 1 aliphatic heterocycles. The summed E-state index contributed by atoms with van der Waals surface area (Å²) in [5.41, 5.74) is 0. The van der Waals surface area contributed by atoms with Crippen LogP contribution in [0.1, 0.15) is 19.8 Å². The summed E-state index contributed by atoms with van der Waals surface area (Å²) in [5, 5.41) is 3.65. The molecule has 2 N–H and O–H groups in total. The molecule has 7 heteroatoms. The van der Waals surface area contributed by atoms with E-state index in [-0.39, 0.29) is 5.75 Å². The first-order chi connectivity index (χ1) is 8.64. The van der Waals surface area contributed by atoms with Gasteiger partial charge in [-0.25, -0.2) is 13.1 Å². The van der Waals surface area contributed by atoms with Crippen molar-refractivity contribution in [2.45, 2.75) is 25.0 Å². The van der Waals surface area contributed by atoms with E-state index in [1.165, 1.54) is 5.75 Å². The lowest BCUT2D eigenvalue weighted by Gasteiger charge is -2.21. The van der Waals surface area contributed by atoms with Crippen molar-refractivity contribution in [2.24, 2.45) is 0 Å². The van der Waals surface area contributed by atoms with Crippen molar-refractivity contribution in [3.63, 3.8) is 0 Å². The highest BCUT2D eigenvalue weighted by molar-refractivity contribution is 8.06. The van der Waals surface area contributed by atoms with Crippen molar-refractivity contribution >= 4 is 33.5 Å². The second-order valence-electron chi connectivity index (χ2n) is 4.34. The first-order valence-electron chi connectivity index (χ1n) is 6.51. The molecule has 108 valence electrons. The summed E-state index contributed by atoms with van der Waals surface area (Å²) >= 11 is 3.79. The summed E-state index contributed by atoms with van der Waals surface area (Å²) in [6, 6.07) is 0. The van der Waals surface area contributed by atoms with E-state index >= 15 is 0 Å². The fourth-order valence-corrected chi connectivity index (χ4v) is 5.48. The molecule has 0 aromatic heterocycles. The third kappa shape index (κ3) is 7.89. The van der Waals surface area contributed by atoms with Crippen LogP contribution in [0.4, 0.5) is 0 Å². The van der Waals surface area contributed by atoms with Crippen LogP contribution in [0.25, 0.3) is 0 Å². The molecule has 1 saturated heterocycles. The number of sulfonamides is 1. The molecular weight excluding hydrogens is 288 g/mol. The molecule has 1 heterocycles. The molecule has 1 unspecified atom stereocenters. The molecular formula is C11H24N2O2S3. The molecule has 1 atom stereocenters. The van der Waals surface area contributed by atoms with Gasteiger partial charge in [-0.15, -0.1) is 0 Å². The molecule has 1 aliphatic rings. The Morgan fingerprint density at radius 1 is 1.28 bits per heavy atom. The van der Waals surface area contributed by atoms with Crippen molar-refractivity contribution in [2.75, 3.05) is 42.6 Å². The number of rotatable bonds is 9. The van der Waals surface area contributed by atoms with Gasteiger partial charge in [-0.2, -0.15) is 23.5 Å². The van der Waals surface area contributed by atoms with E-state index < -0.39 is 10.0 Å². The molecule has 0 bridgehead atoms. The zero-order valence-corrected chi connectivity index (χ0v) is 13.4. The molecule has 1 rings (SSSR count). The molecule has 0 amide bonds. The Kier molecular flexibility index (Phi) is 8.75. The summed E-state index contributed by atoms with van der Waals surface area (Å²) < 4.78 is 26.2. The van der Waals surface area contributed by atoms with Crippen molar-refractivity contribution in [1.29, 1.82) is 0 Å². The molecule has 0 radical (unpaired) electrons. The van der Waals surface area contributed by atoms with Gasteiger partial charge in [-0.3, -0.25) is 0 Å². The molecule has 4 nitrogen and oxygen atoms in total. The second kappa shape index (κ2) is 9.47. The van der Waals surface area contributed by atoms with Crippen LogP contribution in [0.15, 0.2) is 0 Å². The van der Waals surface area contributed by atoms with Crippen molar-refractivity contribution in [1.82, 2.24) is 10.0 Å². The van der Waals surface area contributed by atoms with Gasteiger partial charge < -0.3 is 5.32 Å². The summed E-state index contributed by atoms with van der Waals surface area (Å²) in [4.78, 5) is 0. The van der Waals surface area contributed by atoms with E-state index in [1.807, 2.05) is 23.5 Å². The Labute approximate surface area is 119 Å². The van der Waals surface area contributed by atoms with Crippen LogP contribution >= 0.6 is 23.5 Å². The Bertz CT molecular complexity index is 303. The van der Waals surface area contributed by atoms with Crippen LogP contribution in [0, 0.1) is 0 Å². The standard InChI is InChI=1S/C11H24N2O2S3/c1-2-4-12-5-3-8-18(14,15)13-9-11-10-16-6-7-17-11/h11-13H,2-10H2,1H3. The van der Waals surface area contributed by atoms with Gasteiger partial charge in [-0.05, 0) is 25.9 Å². The smallest absolute Gasteiger partial charge is 0.211 e. The SMILES string of the molecule is CCCNCCCS(=O)(=O)NCC1CSCCS1. The average molecular weight is 313 g/mol. The highest BCUT2D eigenvalue weighted by atomic mass is 32.2. The normalized spacial score (nSPS) is 21.1. The van der Waals surface area contributed by atoms with E-state index in [9.17, 15) is 8.42 Å². The molecule has 0 aromatic rings. The topological polar surface area (TPSA) is 58.2 Å². The van der Waals surface area contributed by atoms with E-state index in [2.05, 4.69) is 17.0 Å². The van der Waals surface area contributed by atoms with Gasteiger partial charge in [0.25, 0.3) is 0 Å². The Morgan fingerprint density at radius 3 is 2.78 bits per heavy atom. The van der Waals surface area contributed by atoms with E-state index in [1.54, 1.807) is 0 Å². The van der Waals surface area contributed by atoms with Crippen molar-refractivity contribution < 1.29 is 8.42 Å². The lowest BCUT2D eigenvalue weighted by Crippen LogP contribution is -2.35. The van der Waals surface area contributed by atoms with Crippen LogP contribution in [0.3, 0.4) is 0 Å². The van der Waals surface area contributed by atoms with Gasteiger partial charge in [0.1, 0.15) is 0 Å². The molecule has 0 spiro atoms. The van der Waals surface area contributed by atoms with Crippen molar-refractivity contribution in [3.8, 4) is 0 Å². The minimum atomic E-state index is -3.08. The summed E-state index contributed by atoms with van der Waals surface area (Å²) in [7, 11) is -3.08. The maximum Gasteiger partial charge on any atom is 0.211 e. The fourth-order valence-electron chi connectivity index (χ4n) is 1.64. The van der Waals surface area contributed by atoms with E-state index in [0.717, 1.165) is 31.0 Å². The monoisotopic (exact) mass is 312 g/mol. The lowest BCUT2D eigenvalue weighted by atomic mass is 10.4. The lowest BCUT2D eigenvalue weighted by molar-refractivity contribution is 0.574. The molecule has 1 fully saturated rings. The summed E-state index contributed by atoms with van der Waals surface area (Å²) in [6.07, 6.45) is 1.77. The van der Waals surface area contributed by atoms with Gasteiger partial charge in [0.05, 0.1) is 5.75 Å². The number of thioether (sulfide) groups is 2. The fraction of sp³-hybridized carbons (Fsp3) is 1.00. The van der Waals surface area contributed by atoms with Gasteiger partial charge >= 0.3 is 0 Å². The predicted molar refractivity (Wildman–Crippen MR) is 83.1 cm³/mol. The number of hydrogen-bond acceptors (Lipinski definition) is 5. The highest BCUT2D eigenvalue weighted by Crippen LogP contribution is 2.23. The van der Waals surface area contributed by atoms with Gasteiger partial charge in [0.15, 0.2) is 0 Å². The zero-order valence-electron chi connectivity index (χ0n) is 11.0. The van der Waals surface area contributed by atoms with Crippen molar-refractivity contribution in [3.05, 3.63) is 0 Å². The molecule has 0 aromatic carbocycles. The second-order valence-corrected chi connectivity index (χ2v) is 8.82. The minimum absolute atomic E-state index is 0.230. The first-order valence-corrected chi connectivity index (χ1v) is 10.4. The highest BCUT2D eigenvalue weighted by Gasteiger charge is 2.17. The average Bonchev–Trinajstić information content (AvgIpc) is 2.38. The maximum atomic E-state index is 11.8. The number of hydrogen-bond donors (Lipinski definition) is 2. The predicted octanol–water partition coefficient (Wildman–Crippen LogP) is 1.14. The molecule has 0 saturated carbocycles. The van der Waals surface area contributed by atoms with E-state index in [0.29, 0.717) is 18.2 Å². The van der Waals surface area contributed by atoms with Crippen LogP contribution in [0.2, 0.25) is 0 Å². The maximum absolute atomic E-state index is 11.8. The third-order valence-electron chi connectivity index (χ3n) is 2.61. The minimum Gasteiger partial charge on any atom is -0.317 e. The van der Waals surface area contributed by atoms with Gasteiger partial charge in [0, 0.05) is 29.1 Å². The van der Waals surface area contributed by atoms with Crippen LogP contribution in [0.5, 0.6) is 0 Å². The van der Waals surface area contributed by atoms with Crippen LogP contribution in [-0.2, 0) is 10.0 Å². The quantitative estimate of drug-likeness (QED) is 0.625. The Hall–Kier alpha value is 0.570. The molecule has 18 heavy (non-hydrogen) atoms. The van der Waals surface area contributed by atoms with Gasteiger partial charge in [-0.1, -0.05) is 6.92 Å². The third-order valence-corrected chi connectivity index (χ3v) is 6.89. The Morgan fingerprint density at radius 2 is 2.11 bits per heavy atom.